The number of para-hydroxylation sites is 1. The predicted octanol–water partition coefficient (Wildman–Crippen LogP) is 4.73. The molecule has 0 aromatic heterocycles. The highest BCUT2D eigenvalue weighted by Gasteiger charge is 2.51. The van der Waals surface area contributed by atoms with E-state index in [-0.39, 0.29) is 18.9 Å². The molecule has 2 amide bonds. The van der Waals surface area contributed by atoms with E-state index >= 15 is 0 Å². The van der Waals surface area contributed by atoms with Gasteiger partial charge in [-0.2, -0.15) is 0 Å². The lowest BCUT2D eigenvalue weighted by molar-refractivity contribution is -0.119. The number of nitrogens with zero attached hydrogens (tertiary/aromatic N) is 1. The van der Waals surface area contributed by atoms with Gasteiger partial charge in [0.15, 0.2) is 0 Å². The summed E-state index contributed by atoms with van der Waals surface area (Å²) in [6, 6.07) is 16.3. The molecule has 4 saturated carbocycles. The number of hydrogen-bond donors (Lipinski definition) is 2. The Morgan fingerprint density at radius 1 is 0.882 bits per heavy atom. The number of likely N-dealkylation sites (tertiary alicyclic amines) is 1. The fraction of sp³-hybridized carbons (Fsp3) is 0.500. The van der Waals surface area contributed by atoms with Crippen molar-refractivity contribution in [1.82, 2.24) is 4.90 Å². The lowest BCUT2D eigenvalue weighted by Gasteiger charge is -2.57. The van der Waals surface area contributed by atoms with Gasteiger partial charge in [0.1, 0.15) is 11.8 Å². The molecule has 5 aliphatic rings. The van der Waals surface area contributed by atoms with Crippen molar-refractivity contribution < 1.29 is 19.4 Å². The third-order valence-corrected chi connectivity index (χ3v) is 8.57. The molecule has 2 aromatic carbocycles. The van der Waals surface area contributed by atoms with Crippen molar-refractivity contribution >= 4 is 17.7 Å². The second kappa shape index (κ2) is 8.42. The number of hydrogen-bond acceptors (Lipinski definition) is 4. The summed E-state index contributed by atoms with van der Waals surface area (Å²) in [5.74, 6) is 2.78. The van der Waals surface area contributed by atoms with Crippen LogP contribution in [0.1, 0.15) is 50.5 Å². The normalized spacial score (nSPS) is 33.7. The molecule has 6 nitrogen and oxygen atoms in total. The third-order valence-electron chi connectivity index (χ3n) is 8.57. The molecule has 6 heteroatoms. The van der Waals surface area contributed by atoms with Gasteiger partial charge >= 0.3 is 6.09 Å². The van der Waals surface area contributed by atoms with Gasteiger partial charge in [-0.25, -0.2) is 4.79 Å². The van der Waals surface area contributed by atoms with Crippen LogP contribution in [0.3, 0.4) is 0 Å². The number of ether oxygens (including phenoxy) is 1. The Balaban J connectivity index is 1.13. The summed E-state index contributed by atoms with van der Waals surface area (Å²) in [7, 11) is 0. The molecule has 5 fully saturated rings. The number of carbonyl (C=O) groups is 2. The summed E-state index contributed by atoms with van der Waals surface area (Å²) in [6.45, 7) is 0.0781. The molecule has 1 heterocycles. The molecule has 2 atom stereocenters. The first-order valence-corrected chi connectivity index (χ1v) is 12.6. The van der Waals surface area contributed by atoms with E-state index in [1.54, 1.807) is 24.3 Å². The summed E-state index contributed by atoms with van der Waals surface area (Å²) in [5.41, 5.74) is 2.45. The number of rotatable bonds is 4. The fourth-order valence-corrected chi connectivity index (χ4v) is 7.51. The van der Waals surface area contributed by atoms with Crippen LogP contribution in [0.5, 0.6) is 5.75 Å². The number of nitrogens with one attached hydrogen (secondary N) is 1. The predicted molar refractivity (Wildman–Crippen MR) is 129 cm³/mol. The number of amides is 2. The minimum Gasteiger partial charge on any atom is -0.410 e. The lowest BCUT2D eigenvalue weighted by atomic mass is 9.48. The van der Waals surface area contributed by atoms with Crippen LogP contribution < -0.4 is 10.1 Å². The van der Waals surface area contributed by atoms with E-state index in [0.29, 0.717) is 11.2 Å². The Labute approximate surface area is 200 Å². The smallest absolute Gasteiger partial charge is 0.410 e. The first-order valence-electron chi connectivity index (χ1n) is 12.6. The van der Waals surface area contributed by atoms with E-state index in [1.165, 1.54) is 49.0 Å². The van der Waals surface area contributed by atoms with E-state index in [1.807, 2.05) is 18.2 Å². The maximum absolute atomic E-state index is 13.1. The van der Waals surface area contributed by atoms with Crippen molar-refractivity contribution in [3.63, 3.8) is 0 Å². The van der Waals surface area contributed by atoms with Gasteiger partial charge in [0, 0.05) is 12.1 Å². The van der Waals surface area contributed by atoms with Crippen molar-refractivity contribution in [3.05, 3.63) is 60.2 Å². The lowest BCUT2D eigenvalue weighted by Crippen LogP contribution is -2.48. The molecule has 1 saturated heterocycles. The summed E-state index contributed by atoms with van der Waals surface area (Å²) in [5, 5.41) is 13.1. The number of aliphatic hydroxyl groups is 1. The Hall–Kier alpha value is -2.86. The number of carbonyl (C=O) groups excluding carboxylic acids is 2. The molecule has 2 aromatic rings. The van der Waals surface area contributed by atoms with Gasteiger partial charge in [-0.3, -0.25) is 9.69 Å². The first kappa shape index (κ1) is 21.7. The van der Waals surface area contributed by atoms with Crippen molar-refractivity contribution in [2.45, 2.75) is 62.5 Å². The highest BCUT2D eigenvalue weighted by Crippen LogP contribution is 2.60. The molecule has 1 aliphatic heterocycles. The topological polar surface area (TPSA) is 78.9 Å². The molecule has 0 radical (unpaired) electrons. The molecule has 0 spiro atoms. The molecule has 2 N–H and O–H groups in total. The van der Waals surface area contributed by atoms with E-state index in [4.69, 9.17) is 4.74 Å². The Bertz CT molecular complexity index is 1030. The van der Waals surface area contributed by atoms with Crippen molar-refractivity contribution in [2.24, 2.45) is 17.8 Å². The third kappa shape index (κ3) is 3.98. The second-order valence-electron chi connectivity index (χ2n) is 11.0. The van der Waals surface area contributed by atoms with Crippen LogP contribution in [0.2, 0.25) is 0 Å². The number of β-amino-alcohol motifs (C(OH)–C–C–N with tert-alkyl or cyclic N) is 1. The quantitative estimate of drug-likeness (QED) is 0.692. The van der Waals surface area contributed by atoms with Crippen LogP contribution >= 0.6 is 0 Å². The largest absolute Gasteiger partial charge is 0.416 e. The maximum atomic E-state index is 13.1. The van der Waals surface area contributed by atoms with E-state index in [0.717, 1.165) is 23.4 Å². The summed E-state index contributed by atoms with van der Waals surface area (Å²) >= 11 is 0. The van der Waals surface area contributed by atoms with Crippen molar-refractivity contribution in [2.75, 3.05) is 11.9 Å². The maximum Gasteiger partial charge on any atom is 0.416 e. The minimum atomic E-state index is -0.769. The Morgan fingerprint density at radius 2 is 1.50 bits per heavy atom. The summed E-state index contributed by atoms with van der Waals surface area (Å²) < 4.78 is 5.41. The van der Waals surface area contributed by atoms with Gasteiger partial charge in [0.05, 0.1) is 12.6 Å². The number of aliphatic hydroxyl groups excluding tert-OH is 1. The molecule has 7 rings (SSSR count). The van der Waals surface area contributed by atoms with E-state index in [9.17, 15) is 14.7 Å². The zero-order chi connectivity index (χ0) is 23.3. The highest BCUT2D eigenvalue weighted by atomic mass is 16.6. The van der Waals surface area contributed by atoms with Gasteiger partial charge in [0.2, 0.25) is 5.91 Å². The van der Waals surface area contributed by atoms with Crippen LogP contribution in [0.25, 0.3) is 0 Å². The average Bonchev–Trinajstić information content (AvgIpc) is 3.21. The Morgan fingerprint density at radius 3 is 2.12 bits per heavy atom. The number of anilines is 1. The van der Waals surface area contributed by atoms with E-state index < -0.39 is 18.2 Å². The van der Waals surface area contributed by atoms with Crippen LogP contribution in [0, 0.1) is 17.8 Å². The average molecular weight is 461 g/mol. The molecule has 34 heavy (non-hydrogen) atoms. The standard InChI is InChI=1S/C28H32N2O4/c31-23-13-25(30(17-23)27(33)34-24-4-2-1-3-5-24)26(32)29-22-8-6-21(7-9-22)28-14-18-10-19(15-28)12-20(11-18)16-28/h1-9,18-20,23,25,31H,10-17H2,(H,29,32)/t18?,19?,20?,23-,25+,28?/m1/s1. The molecular formula is C28H32N2O4. The molecule has 4 bridgehead atoms. The molecule has 4 aliphatic carbocycles. The zero-order valence-electron chi connectivity index (χ0n) is 19.4. The Kier molecular flexibility index (Phi) is 5.36. The van der Waals surface area contributed by atoms with Crippen LogP contribution in [-0.2, 0) is 10.2 Å². The molecular weight excluding hydrogens is 428 g/mol. The van der Waals surface area contributed by atoms with Crippen molar-refractivity contribution in [3.8, 4) is 5.75 Å². The number of benzene rings is 2. The minimum absolute atomic E-state index is 0.0781. The zero-order valence-corrected chi connectivity index (χ0v) is 19.4. The fourth-order valence-electron chi connectivity index (χ4n) is 7.51. The summed E-state index contributed by atoms with van der Waals surface area (Å²) in [4.78, 5) is 27.1. The molecule has 178 valence electrons. The highest BCUT2D eigenvalue weighted by molar-refractivity contribution is 5.97. The van der Waals surface area contributed by atoms with Gasteiger partial charge in [0.25, 0.3) is 0 Å². The SMILES string of the molecule is O=C(Nc1ccc(C23CC4CC(CC(C4)C2)C3)cc1)[C@@H]1C[C@@H](O)CN1C(=O)Oc1ccccc1. The van der Waals surface area contributed by atoms with Gasteiger partial charge in [-0.1, -0.05) is 30.3 Å². The first-order chi connectivity index (χ1) is 16.5. The second-order valence-corrected chi connectivity index (χ2v) is 11.0. The van der Waals surface area contributed by atoms with Gasteiger partial charge in [-0.05, 0) is 91.5 Å². The van der Waals surface area contributed by atoms with Crippen molar-refractivity contribution in [1.29, 1.82) is 0 Å². The summed E-state index contributed by atoms with van der Waals surface area (Å²) in [6.07, 6.45) is 7.01. The van der Waals surface area contributed by atoms with Crippen LogP contribution in [-0.4, -0.2) is 40.7 Å². The monoisotopic (exact) mass is 460 g/mol. The van der Waals surface area contributed by atoms with Crippen LogP contribution in [0.15, 0.2) is 54.6 Å². The molecule has 0 unspecified atom stereocenters. The van der Waals surface area contributed by atoms with Gasteiger partial charge in [-0.15, -0.1) is 0 Å². The van der Waals surface area contributed by atoms with Gasteiger partial charge < -0.3 is 15.2 Å². The van der Waals surface area contributed by atoms with Crippen LogP contribution in [0.4, 0.5) is 10.5 Å². The van der Waals surface area contributed by atoms with E-state index in [2.05, 4.69) is 17.4 Å².